The minimum Gasteiger partial charge on any atom is -0.394 e. The Bertz CT molecular complexity index is 662. The molecule has 1 aliphatic rings. The summed E-state index contributed by atoms with van der Waals surface area (Å²) in [5.41, 5.74) is 11.9. The zero-order valence-electron chi connectivity index (χ0n) is 10.3. The molecule has 1 saturated heterocycles. The highest BCUT2D eigenvalue weighted by atomic mass is 127. The minimum absolute atomic E-state index is 0.0461. The van der Waals surface area contributed by atoms with E-state index in [1.54, 1.807) is 0 Å². The third-order valence-corrected chi connectivity index (χ3v) is 3.97. The summed E-state index contributed by atoms with van der Waals surface area (Å²) in [5, 5.41) is 23.9. The van der Waals surface area contributed by atoms with Crippen molar-refractivity contribution >= 4 is 45.4 Å². The van der Waals surface area contributed by atoms with Crippen LogP contribution in [0.15, 0.2) is 0 Å². The highest BCUT2D eigenvalue weighted by molar-refractivity contribution is 14.1. The Morgan fingerprint density at radius 1 is 1.40 bits per heavy atom. The van der Waals surface area contributed by atoms with Crippen molar-refractivity contribution < 1.29 is 14.9 Å². The van der Waals surface area contributed by atoms with Crippen LogP contribution in [-0.2, 0) is 4.74 Å². The van der Waals surface area contributed by atoms with Gasteiger partial charge < -0.3 is 26.4 Å². The fourth-order valence-electron chi connectivity index (χ4n) is 2.27. The molecular formula is C10H13IN6O3. The van der Waals surface area contributed by atoms with Crippen LogP contribution >= 0.6 is 22.6 Å². The van der Waals surface area contributed by atoms with E-state index in [4.69, 9.17) is 21.3 Å². The summed E-state index contributed by atoms with van der Waals surface area (Å²) in [6.07, 6.45) is -1.60. The minimum atomic E-state index is -0.751. The Labute approximate surface area is 127 Å². The fourth-order valence-corrected chi connectivity index (χ4v) is 3.02. The second-order valence-electron chi connectivity index (χ2n) is 4.52. The summed E-state index contributed by atoms with van der Waals surface area (Å²) >= 11 is 2.02. The number of hydrogen-bond donors (Lipinski definition) is 4. The van der Waals surface area contributed by atoms with Crippen LogP contribution in [0.5, 0.6) is 0 Å². The van der Waals surface area contributed by atoms with Crippen molar-refractivity contribution in [2.24, 2.45) is 0 Å². The van der Waals surface area contributed by atoms with E-state index < -0.39 is 18.4 Å². The summed E-state index contributed by atoms with van der Waals surface area (Å²) in [5.74, 6) is 0.296. The topological polar surface area (TPSA) is 145 Å². The summed E-state index contributed by atoms with van der Waals surface area (Å²) < 4.78 is 7.71. The maximum atomic E-state index is 9.80. The lowest BCUT2D eigenvalue weighted by Gasteiger charge is -2.12. The molecule has 9 nitrogen and oxygen atoms in total. The molecular weight excluding hydrogens is 379 g/mol. The Hall–Kier alpha value is -1.24. The lowest BCUT2D eigenvalue weighted by molar-refractivity contribution is -0.0471. The summed E-state index contributed by atoms with van der Waals surface area (Å²) in [6, 6.07) is 0. The Morgan fingerprint density at radius 3 is 2.80 bits per heavy atom. The van der Waals surface area contributed by atoms with Gasteiger partial charge in [0.05, 0.1) is 18.1 Å². The van der Waals surface area contributed by atoms with Crippen molar-refractivity contribution in [3.63, 3.8) is 0 Å². The first-order chi connectivity index (χ1) is 9.51. The van der Waals surface area contributed by atoms with Gasteiger partial charge in [-0.2, -0.15) is 15.1 Å². The Kier molecular flexibility index (Phi) is 3.40. The molecule has 2 aromatic heterocycles. The molecule has 3 unspecified atom stereocenters. The van der Waals surface area contributed by atoms with Crippen LogP contribution in [0.25, 0.3) is 11.0 Å². The molecule has 3 rings (SSSR count). The third kappa shape index (κ3) is 2.08. The number of ether oxygens (including phenoxy) is 1. The van der Waals surface area contributed by atoms with Crippen LogP contribution < -0.4 is 11.5 Å². The number of hydrogen-bond acceptors (Lipinski definition) is 8. The highest BCUT2D eigenvalue weighted by Crippen LogP contribution is 2.33. The molecule has 0 radical (unpaired) electrons. The molecule has 1 fully saturated rings. The van der Waals surface area contributed by atoms with Crippen molar-refractivity contribution in [2.45, 2.75) is 24.9 Å². The molecule has 0 spiro atoms. The molecule has 0 saturated carbocycles. The third-order valence-electron chi connectivity index (χ3n) is 3.21. The number of rotatable bonds is 2. The van der Waals surface area contributed by atoms with E-state index in [2.05, 4.69) is 15.1 Å². The van der Waals surface area contributed by atoms with Crippen LogP contribution in [0.2, 0.25) is 0 Å². The lowest BCUT2D eigenvalue weighted by atomic mass is 10.2. The summed E-state index contributed by atoms with van der Waals surface area (Å²) in [6.45, 7) is -0.257. The molecule has 20 heavy (non-hydrogen) atoms. The van der Waals surface area contributed by atoms with Gasteiger partial charge in [-0.25, -0.2) is 4.68 Å². The molecule has 10 heteroatoms. The molecule has 6 N–H and O–H groups in total. The molecule has 2 aromatic rings. The van der Waals surface area contributed by atoms with E-state index >= 15 is 0 Å². The van der Waals surface area contributed by atoms with Crippen molar-refractivity contribution in [3.05, 3.63) is 3.70 Å². The van der Waals surface area contributed by atoms with Gasteiger partial charge in [-0.15, -0.1) is 0 Å². The molecule has 108 valence electrons. The predicted molar refractivity (Wildman–Crippen MR) is 78.5 cm³/mol. The number of aliphatic hydroxyl groups excluding tert-OH is 2. The molecule has 0 aliphatic carbocycles. The van der Waals surface area contributed by atoms with Crippen LogP contribution in [0.4, 0.5) is 11.8 Å². The highest BCUT2D eigenvalue weighted by Gasteiger charge is 2.36. The van der Waals surface area contributed by atoms with Crippen molar-refractivity contribution in [3.8, 4) is 0 Å². The van der Waals surface area contributed by atoms with Crippen molar-refractivity contribution in [1.82, 2.24) is 19.7 Å². The van der Waals surface area contributed by atoms with Crippen LogP contribution in [0.1, 0.15) is 12.6 Å². The van der Waals surface area contributed by atoms with Gasteiger partial charge in [0.1, 0.15) is 15.6 Å². The molecule has 1 aliphatic heterocycles. The van der Waals surface area contributed by atoms with Crippen LogP contribution in [0, 0.1) is 3.70 Å². The molecule has 3 heterocycles. The van der Waals surface area contributed by atoms with E-state index in [1.807, 2.05) is 22.6 Å². The van der Waals surface area contributed by atoms with Gasteiger partial charge in [-0.1, -0.05) is 0 Å². The van der Waals surface area contributed by atoms with Gasteiger partial charge in [-0.05, 0) is 22.6 Å². The van der Waals surface area contributed by atoms with E-state index in [0.29, 0.717) is 21.2 Å². The van der Waals surface area contributed by atoms with Crippen molar-refractivity contribution in [2.75, 3.05) is 18.1 Å². The molecule has 0 aromatic carbocycles. The first-order valence-corrected chi connectivity index (χ1v) is 7.00. The first kappa shape index (κ1) is 13.7. The summed E-state index contributed by atoms with van der Waals surface area (Å²) in [7, 11) is 0. The van der Waals surface area contributed by atoms with E-state index in [9.17, 15) is 5.11 Å². The average molecular weight is 392 g/mol. The van der Waals surface area contributed by atoms with Gasteiger partial charge in [0.2, 0.25) is 5.95 Å². The number of aliphatic hydroxyl groups is 2. The molecule has 3 atom stereocenters. The zero-order chi connectivity index (χ0) is 14.4. The number of aromatic nitrogens is 4. The van der Waals surface area contributed by atoms with Crippen LogP contribution in [0.3, 0.4) is 0 Å². The maximum absolute atomic E-state index is 9.80. The SMILES string of the molecule is Nc1nc(N)c2c(I)nn(C3CC(O)C(CO)O3)c2n1. The second-order valence-corrected chi connectivity index (χ2v) is 5.54. The van der Waals surface area contributed by atoms with Gasteiger partial charge in [0.25, 0.3) is 0 Å². The molecule has 0 bridgehead atoms. The van der Waals surface area contributed by atoms with E-state index in [0.717, 1.165) is 0 Å². The first-order valence-electron chi connectivity index (χ1n) is 5.92. The summed E-state index contributed by atoms with van der Waals surface area (Å²) in [4.78, 5) is 8.04. The number of fused-ring (bicyclic) bond motifs is 1. The average Bonchev–Trinajstić information content (AvgIpc) is 2.90. The smallest absolute Gasteiger partial charge is 0.224 e. The Balaban J connectivity index is 2.09. The normalized spacial score (nSPS) is 26.4. The number of nitrogens with two attached hydrogens (primary N) is 2. The van der Waals surface area contributed by atoms with Crippen LogP contribution in [-0.4, -0.2) is 48.8 Å². The number of nitrogens with zero attached hydrogens (tertiary/aromatic N) is 4. The largest absolute Gasteiger partial charge is 0.394 e. The van der Waals surface area contributed by atoms with Gasteiger partial charge in [0, 0.05) is 6.42 Å². The lowest BCUT2D eigenvalue weighted by Crippen LogP contribution is -2.24. The number of anilines is 2. The Morgan fingerprint density at radius 2 is 2.15 bits per heavy atom. The van der Waals surface area contributed by atoms with E-state index in [-0.39, 0.29) is 18.4 Å². The number of halogens is 1. The van der Waals surface area contributed by atoms with Gasteiger partial charge in [-0.3, -0.25) is 0 Å². The van der Waals surface area contributed by atoms with Crippen molar-refractivity contribution in [1.29, 1.82) is 0 Å². The monoisotopic (exact) mass is 392 g/mol. The molecule has 0 amide bonds. The zero-order valence-corrected chi connectivity index (χ0v) is 12.4. The number of nitrogen functional groups attached to an aromatic ring is 2. The van der Waals surface area contributed by atoms with E-state index in [1.165, 1.54) is 4.68 Å². The van der Waals surface area contributed by atoms with Gasteiger partial charge in [0.15, 0.2) is 11.9 Å². The van der Waals surface area contributed by atoms with Gasteiger partial charge >= 0.3 is 0 Å². The predicted octanol–water partition coefficient (Wildman–Crippen LogP) is -0.764. The standard InChI is InChI=1S/C10H13IN6O3/c11-7-6-8(12)14-10(13)15-9(6)17(16-7)5-1-3(19)4(2-18)20-5/h3-5,18-19H,1-2H2,(H4,12,13,14,15). The second kappa shape index (κ2) is 4.95. The quantitative estimate of drug-likeness (QED) is 0.488. The fraction of sp³-hybridized carbons (Fsp3) is 0.500. The maximum Gasteiger partial charge on any atom is 0.224 e.